The summed E-state index contributed by atoms with van der Waals surface area (Å²) in [5.41, 5.74) is 5.31. The zero-order valence-corrected chi connectivity index (χ0v) is 11.7. The van der Waals surface area contributed by atoms with E-state index in [1.807, 2.05) is 0 Å². The molecular formula is C14H23N3O3. The predicted octanol–water partition coefficient (Wildman–Crippen LogP) is 0.207. The monoisotopic (exact) mass is 281 g/mol. The van der Waals surface area contributed by atoms with E-state index in [0.29, 0.717) is 13.0 Å². The van der Waals surface area contributed by atoms with Gasteiger partial charge in [-0.25, -0.2) is 0 Å². The van der Waals surface area contributed by atoms with Crippen LogP contribution in [0.25, 0.3) is 0 Å². The first-order valence-electron chi connectivity index (χ1n) is 7.42. The van der Waals surface area contributed by atoms with Crippen molar-refractivity contribution in [1.82, 2.24) is 10.6 Å². The molecule has 112 valence electrons. The van der Waals surface area contributed by atoms with Crippen molar-refractivity contribution in [1.29, 1.82) is 0 Å². The molecule has 6 heteroatoms. The summed E-state index contributed by atoms with van der Waals surface area (Å²) in [5, 5.41) is 5.05. The summed E-state index contributed by atoms with van der Waals surface area (Å²) in [4.78, 5) is 35.4. The first kappa shape index (κ1) is 15.0. The molecule has 20 heavy (non-hydrogen) atoms. The number of carbonyl (C=O) groups is 3. The third-order valence-electron chi connectivity index (χ3n) is 4.48. The molecule has 1 saturated heterocycles. The highest BCUT2D eigenvalue weighted by Crippen LogP contribution is 2.34. The van der Waals surface area contributed by atoms with Crippen LogP contribution in [0.15, 0.2) is 0 Å². The van der Waals surface area contributed by atoms with Gasteiger partial charge in [-0.1, -0.05) is 25.7 Å². The molecule has 1 unspecified atom stereocenters. The van der Waals surface area contributed by atoms with Crippen LogP contribution in [0.2, 0.25) is 0 Å². The zero-order chi connectivity index (χ0) is 14.6. The molecule has 0 aromatic carbocycles. The summed E-state index contributed by atoms with van der Waals surface area (Å²) >= 11 is 0. The molecule has 0 radical (unpaired) electrons. The first-order chi connectivity index (χ1) is 9.57. The molecule has 2 aliphatic rings. The second-order valence-electron chi connectivity index (χ2n) is 5.88. The molecular weight excluding hydrogens is 258 g/mol. The van der Waals surface area contributed by atoms with Gasteiger partial charge in [0.25, 0.3) is 0 Å². The summed E-state index contributed by atoms with van der Waals surface area (Å²) in [6, 6.07) is -0.605. The van der Waals surface area contributed by atoms with Crippen molar-refractivity contribution in [2.45, 2.75) is 57.4 Å². The number of hydrogen-bond acceptors (Lipinski definition) is 4. The number of hydrogen-bond donors (Lipinski definition) is 3. The van der Waals surface area contributed by atoms with Crippen molar-refractivity contribution >= 4 is 17.7 Å². The molecule has 0 aromatic rings. The van der Waals surface area contributed by atoms with Gasteiger partial charge >= 0.3 is 0 Å². The van der Waals surface area contributed by atoms with E-state index in [0.717, 1.165) is 38.5 Å². The Morgan fingerprint density at radius 2 is 1.90 bits per heavy atom. The van der Waals surface area contributed by atoms with Crippen LogP contribution in [0.1, 0.15) is 51.4 Å². The average molecular weight is 281 g/mol. The number of rotatable bonds is 3. The minimum Gasteiger partial charge on any atom is -0.344 e. The summed E-state index contributed by atoms with van der Waals surface area (Å²) in [6.07, 6.45) is 6.47. The molecule has 1 aliphatic heterocycles. The first-order valence-corrected chi connectivity index (χ1v) is 7.42. The van der Waals surface area contributed by atoms with Crippen molar-refractivity contribution in [2.24, 2.45) is 11.1 Å². The topological polar surface area (TPSA) is 101 Å². The van der Waals surface area contributed by atoms with E-state index < -0.39 is 17.4 Å². The lowest BCUT2D eigenvalue weighted by Crippen LogP contribution is -2.56. The molecule has 2 rings (SSSR count). The van der Waals surface area contributed by atoms with Gasteiger partial charge in [-0.05, 0) is 19.3 Å². The minimum absolute atomic E-state index is 0.128. The van der Waals surface area contributed by atoms with Gasteiger partial charge in [0.2, 0.25) is 17.7 Å². The van der Waals surface area contributed by atoms with Gasteiger partial charge in [0.05, 0.1) is 5.41 Å². The summed E-state index contributed by atoms with van der Waals surface area (Å²) in [7, 11) is 0. The highest BCUT2D eigenvalue weighted by atomic mass is 16.2. The number of imide groups is 1. The lowest BCUT2D eigenvalue weighted by Gasteiger charge is -2.32. The van der Waals surface area contributed by atoms with Crippen LogP contribution in [0.5, 0.6) is 0 Å². The van der Waals surface area contributed by atoms with Crippen molar-refractivity contribution in [3.8, 4) is 0 Å². The Balaban J connectivity index is 2.01. The molecule has 6 nitrogen and oxygen atoms in total. The number of piperidine rings is 1. The van der Waals surface area contributed by atoms with E-state index in [-0.39, 0.29) is 18.2 Å². The summed E-state index contributed by atoms with van der Waals surface area (Å²) in [6.45, 7) is 0.312. The fraction of sp³-hybridized carbons (Fsp3) is 0.786. The fourth-order valence-corrected chi connectivity index (χ4v) is 3.07. The largest absolute Gasteiger partial charge is 0.344 e. The Labute approximate surface area is 118 Å². The molecule has 1 heterocycles. The maximum atomic E-state index is 12.5. The number of nitrogens with one attached hydrogen (secondary N) is 2. The standard InChI is InChI=1S/C14H23N3O3/c15-9-14(7-3-1-2-4-8-14)13(20)16-10-5-6-11(18)17-12(10)19/h10H,1-9,15H2,(H,16,20)(H,17,18,19). The van der Waals surface area contributed by atoms with Gasteiger partial charge in [-0.2, -0.15) is 0 Å². The van der Waals surface area contributed by atoms with Crippen LogP contribution in [-0.4, -0.2) is 30.3 Å². The smallest absolute Gasteiger partial charge is 0.249 e. The third kappa shape index (κ3) is 3.17. The van der Waals surface area contributed by atoms with Crippen LogP contribution in [0, 0.1) is 5.41 Å². The minimum atomic E-state index is -0.605. The highest BCUT2D eigenvalue weighted by Gasteiger charge is 2.39. The Hall–Kier alpha value is -1.43. The van der Waals surface area contributed by atoms with Gasteiger partial charge in [-0.15, -0.1) is 0 Å². The van der Waals surface area contributed by atoms with Crippen molar-refractivity contribution in [2.75, 3.05) is 6.54 Å². The van der Waals surface area contributed by atoms with Crippen LogP contribution in [-0.2, 0) is 14.4 Å². The second kappa shape index (κ2) is 6.35. The molecule has 1 atom stereocenters. The Morgan fingerprint density at radius 3 is 2.45 bits per heavy atom. The highest BCUT2D eigenvalue weighted by molar-refractivity contribution is 6.02. The Kier molecular flexibility index (Phi) is 4.75. The summed E-state index contributed by atoms with van der Waals surface area (Å²) < 4.78 is 0. The van der Waals surface area contributed by atoms with Crippen LogP contribution < -0.4 is 16.4 Å². The van der Waals surface area contributed by atoms with E-state index >= 15 is 0 Å². The van der Waals surface area contributed by atoms with E-state index in [1.165, 1.54) is 0 Å². The summed E-state index contributed by atoms with van der Waals surface area (Å²) in [5.74, 6) is -0.810. The molecule has 0 spiro atoms. The van der Waals surface area contributed by atoms with E-state index in [1.54, 1.807) is 0 Å². The average Bonchev–Trinajstić information content (AvgIpc) is 2.68. The zero-order valence-electron chi connectivity index (χ0n) is 11.7. The molecule has 0 bridgehead atoms. The normalized spacial score (nSPS) is 26.6. The second-order valence-corrected chi connectivity index (χ2v) is 5.88. The lowest BCUT2D eigenvalue weighted by atomic mass is 9.79. The molecule has 1 saturated carbocycles. The van der Waals surface area contributed by atoms with Crippen molar-refractivity contribution in [3.05, 3.63) is 0 Å². The van der Waals surface area contributed by atoms with Gasteiger partial charge < -0.3 is 11.1 Å². The fourth-order valence-electron chi connectivity index (χ4n) is 3.07. The van der Waals surface area contributed by atoms with Crippen LogP contribution in [0.3, 0.4) is 0 Å². The van der Waals surface area contributed by atoms with Gasteiger partial charge in [-0.3, -0.25) is 19.7 Å². The van der Waals surface area contributed by atoms with Gasteiger partial charge in [0, 0.05) is 13.0 Å². The van der Waals surface area contributed by atoms with Crippen molar-refractivity contribution < 1.29 is 14.4 Å². The van der Waals surface area contributed by atoms with Crippen molar-refractivity contribution in [3.63, 3.8) is 0 Å². The van der Waals surface area contributed by atoms with Gasteiger partial charge in [0.15, 0.2) is 0 Å². The number of carbonyl (C=O) groups excluding carboxylic acids is 3. The lowest BCUT2D eigenvalue weighted by molar-refractivity contribution is -0.140. The quantitative estimate of drug-likeness (QED) is 0.508. The van der Waals surface area contributed by atoms with Gasteiger partial charge in [0.1, 0.15) is 6.04 Å². The Bertz CT molecular complexity index is 400. The molecule has 0 aromatic heterocycles. The number of nitrogens with two attached hydrogens (primary N) is 1. The van der Waals surface area contributed by atoms with E-state index in [9.17, 15) is 14.4 Å². The molecule has 4 N–H and O–H groups in total. The maximum Gasteiger partial charge on any atom is 0.249 e. The Morgan fingerprint density at radius 1 is 1.25 bits per heavy atom. The molecule has 1 aliphatic carbocycles. The molecule has 3 amide bonds. The molecule has 2 fully saturated rings. The van der Waals surface area contributed by atoms with Crippen LogP contribution >= 0.6 is 0 Å². The maximum absolute atomic E-state index is 12.5. The number of amides is 3. The van der Waals surface area contributed by atoms with Crippen LogP contribution in [0.4, 0.5) is 0 Å². The van der Waals surface area contributed by atoms with E-state index in [2.05, 4.69) is 10.6 Å². The van der Waals surface area contributed by atoms with E-state index in [4.69, 9.17) is 5.73 Å². The predicted molar refractivity (Wildman–Crippen MR) is 73.5 cm³/mol. The SMILES string of the molecule is NCC1(C(=O)NC2CCC(=O)NC2=O)CCCCCC1. The third-order valence-corrected chi connectivity index (χ3v) is 4.48.